The summed E-state index contributed by atoms with van der Waals surface area (Å²) >= 11 is 0. The molecule has 180 valence electrons. The van der Waals surface area contributed by atoms with Gasteiger partial charge in [-0.25, -0.2) is 4.79 Å². The molecule has 6 rings (SSSR count). The fourth-order valence-electron chi connectivity index (χ4n) is 7.10. The predicted molar refractivity (Wildman–Crippen MR) is 127 cm³/mol. The molecule has 7 heteroatoms. The van der Waals surface area contributed by atoms with E-state index in [0.29, 0.717) is 6.61 Å². The van der Waals surface area contributed by atoms with Crippen molar-refractivity contribution in [2.24, 2.45) is 17.8 Å². The van der Waals surface area contributed by atoms with Gasteiger partial charge in [0.15, 0.2) is 0 Å². The summed E-state index contributed by atoms with van der Waals surface area (Å²) in [6.45, 7) is 6.86. The monoisotopic (exact) mass is 454 g/mol. The number of ether oxygens (including phenoxy) is 1. The number of hydrogen-bond acceptors (Lipinski definition) is 5. The lowest BCUT2D eigenvalue weighted by Crippen LogP contribution is -2.63. The quantitative estimate of drug-likeness (QED) is 0.663. The first-order valence-electron chi connectivity index (χ1n) is 12.8. The number of benzene rings is 1. The van der Waals surface area contributed by atoms with Crippen LogP contribution in [0.1, 0.15) is 45.4 Å². The molecule has 33 heavy (non-hydrogen) atoms. The first kappa shape index (κ1) is 22.7. The van der Waals surface area contributed by atoms with E-state index in [1.807, 2.05) is 37.3 Å². The van der Waals surface area contributed by atoms with Crippen molar-refractivity contribution in [2.75, 3.05) is 39.3 Å². The third-order valence-electron chi connectivity index (χ3n) is 8.41. The number of nitrogens with zero attached hydrogens (tertiary/aromatic N) is 2. The van der Waals surface area contributed by atoms with E-state index in [4.69, 9.17) is 4.74 Å². The van der Waals surface area contributed by atoms with E-state index in [-0.39, 0.29) is 23.5 Å². The number of nitrogens with one attached hydrogen (secondary N) is 2. The topological polar surface area (TPSA) is 73.9 Å². The predicted octanol–water partition coefficient (Wildman–Crippen LogP) is 2.87. The van der Waals surface area contributed by atoms with Crippen molar-refractivity contribution < 1.29 is 14.3 Å². The largest absolute Gasteiger partial charge is 0.492 e. The Morgan fingerprint density at radius 1 is 1.00 bits per heavy atom. The van der Waals surface area contributed by atoms with Crippen molar-refractivity contribution in [1.29, 1.82) is 0 Å². The number of piperazine rings is 1. The maximum atomic E-state index is 12.8. The molecule has 1 heterocycles. The Morgan fingerprint density at radius 2 is 1.61 bits per heavy atom. The van der Waals surface area contributed by atoms with E-state index in [0.717, 1.165) is 75.5 Å². The molecule has 1 atom stereocenters. The summed E-state index contributed by atoms with van der Waals surface area (Å²) < 4.78 is 5.80. The van der Waals surface area contributed by atoms with Crippen molar-refractivity contribution in [2.45, 2.75) is 57.0 Å². The smallest absolute Gasteiger partial charge is 0.321 e. The summed E-state index contributed by atoms with van der Waals surface area (Å²) in [6, 6.07) is 9.26. The van der Waals surface area contributed by atoms with Crippen LogP contribution in [0, 0.1) is 17.8 Å². The van der Waals surface area contributed by atoms with E-state index >= 15 is 0 Å². The molecule has 1 unspecified atom stereocenters. The average Bonchev–Trinajstić information content (AvgIpc) is 2.78. The van der Waals surface area contributed by atoms with Gasteiger partial charge >= 0.3 is 6.03 Å². The van der Waals surface area contributed by atoms with Gasteiger partial charge in [-0.3, -0.25) is 19.9 Å². The third-order valence-corrected chi connectivity index (χ3v) is 8.41. The van der Waals surface area contributed by atoms with Crippen molar-refractivity contribution in [3.63, 3.8) is 0 Å². The summed E-state index contributed by atoms with van der Waals surface area (Å²) in [7, 11) is 0. The molecule has 1 aromatic rings. The van der Waals surface area contributed by atoms with E-state index in [1.54, 1.807) is 0 Å². The van der Waals surface area contributed by atoms with Crippen molar-refractivity contribution >= 4 is 11.9 Å². The lowest BCUT2D eigenvalue weighted by Gasteiger charge is -2.56. The minimum absolute atomic E-state index is 0.0736. The molecule has 1 saturated heterocycles. The van der Waals surface area contributed by atoms with Gasteiger partial charge in [0.25, 0.3) is 0 Å². The first-order valence-corrected chi connectivity index (χ1v) is 12.8. The zero-order valence-corrected chi connectivity index (χ0v) is 19.8. The maximum Gasteiger partial charge on any atom is 0.321 e. The number of amides is 3. The van der Waals surface area contributed by atoms with Crippen LogP contribution in [0.2, 0.25) is 0 Å². The Labute approximate surface area is 197 Å². The van der Waals surface area contributed by atoms with Gasteiger partial charge in [0.1, 0.15) is 12.4 Å². The highest BCUT2D eigenvalue weighted by atomic mass is 16.5. The van der Waals surface area contributed by atoms with E-state index in [9.17, 15) is 9.59 Å². The van der Waals surface area contributed by atoms with Crippen LogP contribution in [-0.4, -0.2) is 72.6 Å². The van der Waals surface area contributed by atoms with E-state index in [1.165, 1.54) is 19.3 Å². The van der Waals surface area contributed by atoms with Gasteiger partial charge < -0.3 is 10.1 Å². The molecular weight excluding hydrogens is 416 g/mol. The molecule has 1 aromatic carbocycles. The van der Waals surface area contributed by atoms with Gasteiger partial charge in [0.2, 0.25) is 5.91 Å². The highest BCUT2D eigenvalue weighted by Gasteiger charge is 2.51. The number of urea groups is 1. The Hall–Kier alpha value is -2.12. The molecule has 2 N–H and O–H groups in total. The van der Waals surface area contributed by atoms with Gasteiger partial charge in [-0.05, 0) is 75.3 Å². The van der Waals surface area contributed by atoms with Crippen LogP contribution in [0.25, 0.3) is 0 Å². The Morgan fingerprint density at radius 3 is 2.21 bits per heavy atom. The van der Waals surface area contributed by atoms with Gasteiger partial charge in [-0.2, -0.15) is 0 Å². The SMILES string of the molecule is CC(C(=O)NC(=O)NC12CC3CC(CC(C3)C1)C2)N1CCN(CCOc2ccccc2)CC1. The van der Waals surface area contributed by atoms with Gasteiger partial charge in [-0.1, -0.05) is 18.2 Å². The van der Waals surface area contributed by atoms with Crippen molar-refractivity contribution in [1.82, 2.24) is 20.4 Å². The van der Waals surface area contributed by atoms with E-state index in [2.05, 4.69) is 20.4 Å². The normalized spacial score (nSPS) is 32.3. The first-order chi connectivity index (χ1) is 16.0. The van der Waals surface area contributed by atoms with Gasteiger partial charge in [0, 0.05) is 38.3 Å². The average molecular weight is 455 g/mol. The van der Waals surface area contributed by atoms with Crippen LogP contribution in [0.15, 0.2) is 30.3 Å². The summed E-state index contributed by atoms with van der Waals surface area (Å²) in [5.74, 6) is 2.99. The number of carbonyl (C=O) groups is 2. The van der Waals surface area contributed by atoms with Crippen LogP contribution >= 0.6 is 0 Å². The summed E-state index contributed by atoms with van der Waals surface area (Å²) in [4.78, 5) is 30.1. The Kier molecular flexibility index (Phi) is 6.61. The molecular formula is C26H38N4O3. The summed E-state index contributed by atoms with van der Waals surface area (Å²) in [5, 5.41) is 5.90. The molecule has 4 aliphatic carbocycles. The third kappa shape index (κ3) is 5.35. The lowest BCUT2D eigenvalue weighted by molar-refractivity contribution is -0.125. The molecule has 0 aromatic heterocycles. The highest BCUT2D eigenvalue weighted by Crippen LogP contribution is 2.55. The molecule has 1 aliphatic heterocycles. The molecule has 4 saturated carbocycles. The number of imide groups is 1. The van der Waals surface area contributed by atoms with Crippen LogP contribution < -0.4 is 15.4 Å². The van der Waals surface area contributed by atoms with Crippen molar-refractivity contribution in [3.05, 3.63) is 30.3 Å². The summed E-state index contributed by atoms with van der Waals surface area (Å²) in [6.07, 6.45) is 7.28. The molecule has 5 aliphatic rings. The molecule has 7 nitrogen and oxygen atoms in total. The molecule has 4 bridgehead atoms. The minimum atomic E-state index is -0.310. The molecule has 3 amide bonds. The molecule has 0 radical (unpaired) electrons. The standard InChI is InChI=1S/C26H38N4O3/c1-19(30-9-7-29(8-10-30)11-12-33-23-5-3-2-4-6-23)24(31)27-25(32)28-26-16-20-13-21(17-26)15-22(14-20)18-26/h2-6,19-22H,7-18H2,1H3,(H2,27,28,31,32). The summed E-state index contributed by atoms with van der Waals surface area (Å²) in [5.41, 5.74) is -0.0736. The van der Waals surface area contributed by atoms with Crippen LogP contribution in [-0.2, 0) is 4.79 Å². The van der Waals surface area contributed by atoms with E-state index < -0.39 is 0 Å². The van der Waals surface area contributed by atoms with Crippen molar-refractivity contribution in [3.8, 4) is 5.75 Å². The second kappa shape index (κ2) is 9.63. The number of carbonyl (C=O) groups excluding carboxylic acids is 2. The second-order valence-corrected chi connectivity index (χ2v) is 10.9. The minimum Gasteiger partial charge on any atom is -0.492 e. The van der Waals surface area contributed by atoms with Gasteiger partial charge in [-0.15, -0.1) is 0 Å². The van der Waals surface area contributed by atoms with Crippen LogP contribution in [0.5, 0.6) is 5.75 Å². The highest BCUT2D eigenvalue weighted by molar-refractivity contribution is 5.97. The Bertz CT molecular complexity index is 802. The maximum absolute atomic E-state index is 12.8. The number of para-hydroxylation sites is 1. The second-order valence-electron chi connectivity index (χ2n) is 10.9. The van der Waals surface area contributed by atoms with Gasteiger partial charge in [0.05, 0.1) is 6.04 Å². The number of hydrogen-bond donors (Lipinski definition) is 2. The Balaban J connectivity index is 1.03. The van der Waals surface area contributed by atoms with Crippen LogP contribution in [0.4, 0.5) is 4.79 Å². The zero-order chi connectivity index (χ0) is 22.8. The fourth-order valence-corrected chi connectivity index (χ4v) is 7.10. The number of rotatable bonds is 7. The van der Waals surface area contributed by atoms with Crippen LogP contribution in [0.3, 0.4) is 0 Å². The molecule has 5 fully saturated rings. The zero-order valence-electron chi connectivity index (χ0n) is 19.8. The lowest BCUT2D eigenvalue weighted by atomic mass is 9.53. The molecule has 0 spiro atoms. The fraction of sp³-hybridized carbons (Fsp3) is 0.692.